The molecule has 1 saturated heterocycles. The van der Waals surface area contributed by atoms with Crippen LogP contribution < -0.4 is 4.74 Å². The van der Waals surface area contributed by atoms with Gasteiger partial charge in [-0.3, -0.25) is 0 Å². The van der Waals surface area contributed by atoms with Crippen LogP contribution in [0.4, 0.5) is 0 Å². The number of ether oxygens (including phenoxy) is 1. The minimum absolute atomic E-state index is 0.127. The van der Waals surface area contributed by atoms with Gasteiger partial charge in [-0.05, 0) is 69.4 Å². The lowest BCUT2D eigenvalue weighted by Crippen LogP contribution is -2.51. The van der Waals surface area contributed by atoms with Gasteiger partial charge in [0.2, 0.25) is 0 Å². The predicted molar refractivity (Wildman–Crippen MR) is 117 cm³/mol. The van der Waals surface area contributed by atoms with E-state index in [1.165, 1.54) is 0 Å². The van der Waals surface area contributed by atoms with Crippen molar-refractivity contribution in [2.45, 2.75) is 51.7 Å². The SMILES string of the molecule is COc1cc(C=C2CCCN3C2=NOC[C@@H]3CC(C)(C)O)ccc1-n1cnc(C)c1. The van der Waals surface area contributed by atoms with Crippen molar-refractivity contribution in [3.8, 4) is 11.4 Å². The highest BCUT2D eigenvalue weighted by Crippen LogP contribution is 2.31. The van der Waals surface area contributed by atoms with Crippen molar-refractivity contribution in [1.29, 1.82) is 0 Å². The van der Waals surface area contributed by atoms with Crippen LogP contribution >= 0.6 is 0 Å². The van der Waals surface area contributed by atoms with Crippen molar-refractivity contribution in [1.82, 2.24) is 14.5 Å². The average Bonchev–Trinajstić information content (AvgIpc) is 3.13. The van der Waals surface area contributed by atoms with Crippen LogP contribution in [-0.2, 0) is 4.84 Å². The van der Waals surface area contributed by atoms with Crippen LogP contribution in [0.2, 0.25) is 0 Å². The zero-order valence-electron chi connectivity index (χ0n) is 18.1. The van der Waals surface area contributed by atoms with Gasteiger partial charge in [0.15, 0.2) is 5.84 Å². The van der Waals surface area contributed by atoms with Gasteiger partial charge in [-0.2, -0.15) is 0 Å². The lowest BCUT2D eigenvalue weighted by atomic mass is 9.93. The number of rotatable bonds is 5. The summed E-state index contributed by atoms with van der Waals surface area (Å²) in [5.41, 5.74) is 3.37. The normalized spacial score (nSPS) is 20.6. The number of methoxy groups -OCH3 is 1. The van der Waals surface area contributed by atoms with Crippen LogP contribution in [0, 0.1) is 6.92 Å². The number of oxime groups is 1. The first-order chi connectivity index (χ1) is 14.3. The number of fused-ring (bicyclic) bond motifs is 1. The summed E-state index contributed by atoms with van der Waals surface area (Å²) in [6.07, 6.45) is 8.57. The summed E-state index contributed by atoms with van der Waals surface area (Å²) >= 11 is 0. The van der Waals surface area contributed by atoms with Gasteiger partial charge in [-0.25, -0.2) is 4.98 Å². The highest BCUT2D eigenvalue weighted by atomic mass is 16.6. The summed E-state index contributed by atoms with van der Waals surface area (Å²) in [5, 5.41) is 14.7. The summed E-state index contributed by atoms with van der Waals surface area (Å²) in [7, 11) is 1.68. The lowest BCUT2D eigenvalue weighted by molar-refractivity contribution is -0.0000288. The van der Waals surface area contributed by atoms with Crippen molar-refractivity contribution in [3.05, 3.63) is 47.6 Å². The Labute approximate surface area is 177 Å². The molecule has 1 N–H and O–H groups in total. The first-order valence-corrected chi connectivity index (χ1v) is 10.4. The molecule has 2 aromatic rings. The van der Waals surface area contributed by atoms with E-state index in [1.807, 2.05) is 43.7 Å². The number of aromatic nitrogens is 2. The Kier molecular flexibility index (Phi) is 5.56. The highest BCUT2D eigenvalue weighted by Gasteiger charge is 2.34. The summed E-state index contributed by atoms with van der Waals surface area (Å²) in [5.74, 6) is 1.67. The molecule has 2 aliphatic heterocycles. The molecule has 7 heteroatoms. The summed E-state index contributed by atoms with van der Waals surface area (Å²) < 4.78 is 7.61. The van der Waals surface area contributed by atoms with Crippen molar-refractivity contribution in [2.75, 3.05) is 20.3 Å². The fourth-order valence-electron chi connectivity index (χ4n) is 4.22. The largest absolute Gasteiger partial charge is 0.495 e. The number of aryl methyl sites for hydroxylation is 1. The summed E-state index contributed by atoms with van der Waals surface area (Å²) in [6.45, 7) is 7.09. The second-order valence-electron chi connectivity index (χ2n) is 8.70. The van der Waals surface area contributed by atoms with E-state index in [0.29, 0.717) is 13.0 Å². The van der Waals surface area contributed by atoms with E-state index in [0.717, 1.165) is 53.5 Å². The van der Waals surface area contributed by atoms with Crippen molar-refractivity contribution >= 4 is 11.9 Å². The zero-order valence-corrected chi connectivity index (χ0v) is 18.1. The van der Waals surface area contributed by atoms with Crippen LogP contribution in [-0.4, -0.2) is 57.3 Å². The van der Waals surface area contributed by atoms with Gasteiger partial charge in [0, 0.05) is 12.7 Å². The molecule has 0 radical (unpaired) electrons. The number of amidine groups is 1. The first-order valence-electron chi connectivity index (χ1n) is 10.4. The van der Waals surface area contributed by atoms with Gasteiger partial charge in [-0.1, -0.05) is 11.2 Å². The standard InChI is InChI=1S/C23H30N4O3/c1-16-13-26(15-24-16)20-8-7-17(11-21(20)29-4)10-18-6-5-9-27-19(12-23(2,3)28)14-30-25-22(18)27/h7-8,10-11,13,15,19,28H,5-6,9,12,14H2,1-4H3/t19-/m0/s1. The van der Waals surface area contributed by atoms with Crippen molar-refractivity contribution in [3.63, 3.8) is 0 Å². The molecule has 7 nitrogen and oxygen atoms in total. The van der Waals surface area contributed by atoms with Gasteiger partial charge >= 0.3 is 0 Å². The van der Waals surface area contributed by atoms with Crippen molar-refractivity contribution in [2.24, 2.45) is 5.16 Å². The maximum Gasteiger partial charge on any atom is 0.171 e. The number of hydrogen-bond acceptors (Lipinski definition) is 6. The Balaban J connectivity index is 1.62. The van der Waals surface area contributed by atoms with E-state index < -0.39 is 5.60 Å². The Morgan fingerprint density at radius 1 is 1.37 bits per heavy atom. The topological polar surface area (TPSA) is 72.1 Å². The van der Waals surface area contributed by atoms with Crippen LogP contribution in [0.25, 0.3) is 11.8 Å². The maximum absolute atomic E-state index is 10.3. The smallest absolute Gasteiger partial charge is 0.171 e. The highest BCUT2D eigenvalue weighted by molar-refractivity contribution is 6.02. The van der Waals surface area contributed by atoms with E-state index in [9.17, 15) is 5.11 Å². The Hall–Kier alpha value is -2.80. The zero-order chi connectivity index (χ0) is 21.3. The maximum atomic E-state index is 10.3. The number of imidazole rings is 1. The number of nitrogens with zero attached hydrogens (tertiary/aromatic N) is 4. The van der Waals surface area contributed by atoms with Crippen LogP contribution in [0.3, 0.4) is 0 Å². The summed E-state index contributed by atoms with van der Waals surface area (Å²) in [6, 6.07) is 6.29. The number of aliphatic hydroxyl groups is 1. The van der Waals surface area contributed by atoms with Gasteiger partial charge < -0.3 is 24.1 Å². The second kappa shape index (κ2) is 8.14. The molecule has 0 bridgehead atoms. The lowest BCUT2D eigenvalue weighted by Gasteiger charge is -2.41. The monoisotopic (exact) mass is 410 g/mol. The quantitative estimate of drug-likeness (QED) is 0.816. The van der Waals surface area contributed by atoms with E-state index in [2.05, 4.69) is 27.2 Å². The predicted octanol–water partition coefficient (Wildman–Crippen LogP) is 3.54. The van der Waals surface area contributed by atoms with Gasteiger partial charge in [0.1, 0.15) is 12.4 Å². The van der Waals surface area contributed by atoms with E-state index in [4.69, 9.17) is 9.57 Å². The molecule has 0 unspecified atom stereocenters. The molecule has 1 aromatic carbocycles. The van der Waals surface area contributed by atoms with Gasteiger partial charge in [-0.15, -0.1) is 0 Å². The second-order valence-corrected chi connectivity index (χ2v) is 8.70. The minimum atomic E-state index is -0.743. The van der Waals surface area contributed by atoms with Gasteiger partial charge in [0.25, 0.3) is 0 Å². The van der Waals surface area contributed by atoms with E-state index in [-0.39, 0.29) is 6.04 Å². The number of benzene rings is 1. The Morgan fingerprint density at radius 3 is 2.90 bits per heavy atom. The first kappa shape index (κ1) is 20.5. The fourth-order valence-corrected chi connectivity index (χ4v) is 4.22. The molecule has 1 fully saturated rings. The van der Waals surface area contributed by atoms with Crippen LogP contribution in [0.1, 0.15) is 44.4 Å². The molecular weight excluding hydrogens is 380 g/mol. The summed E-state index contributed by atoms with van der Waals surface area (Å²) in [4.78, 5) is 12.1. The molecule has 2 aliphatic rings. The molecule has 4 rings (SSSR count). The number of hydrogen-bond donors (Lipinski definition) is 1. The molecule has 160 valence electrons. The Bertz CT molecular complexity index is 971. The molecule has 0 amide bonds. The minimum Gasteiger partial charge on any atom is -0.495 e. The Morgan fingerprint density at radius 2 is 2.20 bits per heavy atom. The third kappa shape index (κ3) is 4.36. The molecule has 0 saturated carbocycles. The van der Waals surface area contributed by atoms with Crippen molar-refractivity contribution < 1.29 is 14.7 Å². The van der Waals surface area contributed by atoms with Gasteiger partial charge in [0.05, 0.1) is 36.5 Å². The third-order valence-corrected chi connectivity index (χ3v) is 5.53. The van der Waals surface area contributed by atoms with E-state index >= 15 is 0 Å². The molecule has 1 atom stereocenters. The fraction of sp³-hybridized carbons (Fsp3) is 0.478. The molecule has 30 heavy (non-hydrogen) atoms. The van der Waals surface area contributed by atoms with E-state index in [1.54, 1.807) is 13.4 Å². The van der Waals surface area contributed by atoms with Crippen LogP contribution in [0.5, 0.6) is 5.75 Å². The molecular formula is C23H30N4O3. The molecule has 3 heterocycles. The molecule has 0 spiro atoms. The third-order valence-electron chi connectivity index (χ3n) is 5.53. The molecule has 1 aromatic heterocycles. The average molecular weight is 411 g/mol. The molecule has 0 aliphatic carbocycles. The van der Waals surface area contributed by atoms with Crippen LogP contribution in [0.15, 0.2) is 41.5 Å². The number of piperidine rings is 1.